The number of carbonyl (C=O) groups is 2. The van der Waals surface area contributed by atoms with Crippen molar-refractivity contribution in [2.75, 3.05) is 5.32 Å². The predicted molar refractivity (Wildman–Crippen MR) is 72.1 cm³/mol. The van der Waals surface area contributed by atoms with Gasteiger partial charge in [0.15, 0.2) is 0 Å². The van der Waals surface area contributed by atoms with Crippen molar-refractivity contribution >= 4 is 17.6 Å². The molecule has 5 heteroatoms. The van der Waals surface area contributed by atoms with Crippen molar-refractivity contribution in [3.05, 3.63) is 65.5 Å². The van der Waals surface area contributed by atoms with Crippen LogP contribution in [-0.2, 0) is 11.2 Å². The molecule has 0 saturated carbocycles. The topological polar surface area (TPSA) is 66.4 Å². The van der Waals surface area contributed by atoms with E-state index in [1.807, 2.05) is 6.07 Å². The zero-order valence-corrected chi connectivity index (χ0v) is 10.5. The molecule has 0 aliphatic heterocycles. The summed E-state index contributed by atoms with van der Waals surface area (Å²) in [5, 5.41) is 11.4. The van der Waals surface area contributed by atoms with Crippen molar-refractivity contribution in [3.8, 4) is 0 Å². The fourth-order valence-electron chi connectivity index (χ4n) is 1.78. The molecule has 0 spiro atoms. The van der Waals surface area contributed by atoms with Crippen LogP contribution in [0.15, 0.2) is 48.5 Å². The van der Waals surface area contributed by atoms with E-state index in [0.717, 1.165) is 23.8 Å². The molecule has 1 amide bonds. The highest BCUT2D eigenvalue weighted by atomic mass is 19.1. The van der Waals surface area contributed by atoms with Gasteiger partial charge in [-0.15, -0.1) is 0 Å². The van der Waals surface area contributed by atoms with Gasteiger partial charge in [-0.05, 0) is 23.8 Å². The standard InChI is InChI=1S/C15H12FNO3/c16-11-6-7-12(15(19)20)13(9-11)17-14(18)8-10-4-2-1-3-5-10/h1-7,9H,8H2,(H,17,18)(H,19,20). The van der Waals surface area contributed by atoms with Crippen molar-refractivity contribution in [2.24, 2.45) is 0 Å². The second-order valence-corrected chi connectivity index (χ2v) is 4.21. The molecular weight excluding hydrogens is 261 g/mol. The van der Waals surface area contributed by atoms with Crippen LogP contribution in [0.5, 0.6) is 0 Å². The summed E-state index contributed by atoms with van der Waals surface area (Å²) >= 11 is 0. The third kappa shape index (κ3) is 3.41. The number of hydrogen-bond acceptors (Lipinski definition) is 2. The van der Waals surface area contributed by atoms with Crippen LogP contribution in [-0.4, -0.2) is 17.0 Å². The lowest BCUT2D eigenvalue weighted by Gasteiger charge is -2.08. The highest BCUT2D eigenvalue weighted by Gasteiger charge is 2.13. The minimum Gasteiger partial charge on any atom is -0.478 e. The average Bonchev–Trinajstić information content (AvgIpc) is 2.39. The van der Waals surface area contributed by atoms with Gasteiger partial charge in [0.25, 0.3) is 0 Å². The number of hydrogen-bond donors (Lipinski definition) is 2. The summed E-state index contributed by atoms with van der Waals surface area (Å²) in [7, 11) is 0. The first-order valence-corrected chi connectivity index (χ1v) is 5.93. The Labute approximate surface area is 114 Å². The van der Waals surface area contributed by atoms with E-state index < -0.39 is 17.7 Å². The molecule has 0 atom stereocenters. The number of rotatable bonds is 4. The molecule has 20 heavy (non-hydrogen) atoms. The Morgan fingerprint density at radius 2 is 1.80 bits per heavy atom. The Morgan fingerprint density at radius 1 is 1.10 bits per heavy atom. The van der Waals surface area contributed by atoms with Gasteiger partial charge >= 0.3 is 5.97 Å². The van der Waals surface area contributed by atoms with Gasteiger partial charge in [0.1, 0.15) is 5.82 Å². The van der Waals surface area contributed by atoms with E-state index in [1.54, 1.807) is 24.3 Å². The lowest BCUT2D eigenvalue weighted by atomic mass is 10.1. The zero-order valence-electron chi connectivity index (χ0n) is 10.5. The second-order valence-electron chi connectivity index (χ2n) is 4.21. The fourth-order valence-corrected chi connectivity index (χ4v) is 1.78. The van der Waals surface area contributed by atoms with E-state index in [1.165, 1.54) is 0 Å². The molecule has 0 saturated heterocycles. The van der Waals surface area contributed by atoms with Crippen LogP contribution in [0.25, 0.3) is 0 Å². The Balaban J connectivity index is 2.15. The van der Waals surface area contributed by atoms with Gasteiger partial charge in [0.05, 0.1) is 17.7 Å². The van der Waals surface area contributed by atoms with Crippen molar-refractivity contribution in [1.82, 2.24) is 0 Å². The van der Waals surface area contributed by atoms with Crippen molar-refractivity contribution in [1.29, 1.82) is 0 Å². The molecule has 102 valence electrons. The summed E-state index contributed by atoms with van der Waals surface area (Å²) in [5.41, 5.74) is 0.601. The number of amides is 1. The third-order valence-corrected chi connectivity index (χ3v) is 2.69. The summed E-state index contributed by atoms with van der Waals surface area (Å²) < 4.78 is 13.1. The molecule has 0 heterocycles. The predicted octanol–water partition coefficient (Wildman–Crippen LogP) is 2.71. The fraction of sp³-hybridized carbons (Fsp3) is 0.0667. The molecule has 0 aliphatic carbocycles. The summed E-state index contributed by atoms with van der Waals surface area (Å²) in [6, 6.07) is 12.1. The minimum atomic E-state index is -1.22. The van der Waals surface area contributed by atoms with Gasteiger partial charge in [0, 0.05) is 0 Å². The lowest BCUT2D eigenvalue weighted by molar-refractivity contribution is -0.115. The molecular formula is C15H12FNO3. The highest BCUT2D eigenvalue weighted by molar-refractivity contribution is 6.01. The largest absolute Gasteiger partial charge is 0.478 e. The van der Waals surface area contributed by atoms with E-state index in [0.29, 0.717) is 0 Å². The van der Waals surface area contributed by atoms with Crippen molar-refractivity contribution in [3.63, 3.8) is 0 Å². The average molecular weight is 273 g/mol. The molecule has 0 radical (unpaired) electrons. The second kappa shape index (κ2) is 5.97. The van der Waals surface area contributed by atoms with Crippen LogP contribution in [0, 0.1) is 5.82 Å². The molecule has 0 unspecified atom stereocenters. The van der Waals surface area contributed by atoms with Gasteiger partial charge in [-0.3, -0.25) is 4.79 Å². The van der Waals surface area contributed by atoms with Crippen LogP contribution in [0.4, 0.5) is 10.1 Å². The maximum Gasteiger partial charge on any atom is 0.337 e. The number of nitrogens with one attached hydrogen (secondary N) is 1. The number of carbonyl (C=O) groups excluding carboxylic acids is 1. The molecule has 0 aromatic heterocycles. The van der Waals surface area contributed by atoms with Crippen LogP contribution < -0.4 is 5.32 Å². The molecule has 0 aliphatic rings. The Hall–Kier alpha value is -2.69. The Bertz CT molecular complexity index is 641. The number of anilines is 1. The molecule has 2 N–H and O–H groups in total. The first-order chi connectivity index (χ1) is 9.56. The first-order valence-electron chi connectivity index (χ1n) is 5.93. The van der Waals surface area contributed by atoms with Gasteiger partial charge in [-0.1, -0.05) is 30.3 Å². The Morgan fingerprint density at radius 3 is 2.45 bits per heavy atom. The third-order valence-electron chi connectivity index (χ3n) is 2.69. The van der Waals surface area contributed by atoms with Crippen LogP contribution in [0.3, 0.4) is 0 Å². The van der Waals surface area contributed by atoms with Crippen LogP contribution >= 0.6 is 0 Å². The number of aromatic carboxylic acids is 1. The van der Waals surface area contributed by atoms with E-state index in [9.17, 15) is 14.0 Å². The molecule has 2 aromatic rings. The molecule has 0 bridgehead atoms. The number of carboxylic acid groups (broad SMARTS) is 1. The Kier molecular flexibility index (Phi) is 4.10. The van der Waals surface area contributed by atoms with Crippen LogP contribution in [0.2, 0.25) is 0 Å². The molecule has 2 rings (SSSR count). The number of carboxylic acids is 1. The van der Waals surface area contributed by atoms with Gasteiger partial charge in [-0.25, -0.2) is 9.18 Å². The normalized spacial score (nSPS) is 10.1. The van der Waals surface area contributed by atoms with E-state index in [-0.39, 0.29) is 17.7 Å². The van der Waals surface area contributed by atoms with E-state index >= 15 is 0 Å². The number of halogens is 1. The van der Waals surface area contributed by atoms with Gasteiger partial charge in [-0.2, -0.15) is 0 Å². The molecule has 2 aromatic carbocycles. The molecule has 0 fully saturated rings. The van der Waals surface area contributed by atoms with Crippen molar-refractivity contribution in [2.45, 2.75) is 6.42 Å². The lowest BCUT2D eigenvalue weighted by Crippen LogP contribution is -2.17. The number of benzene rings is 2. The highest BCUT2D eigenvalue weighted by Crippen LogP contribution is 2.17. The summed E-state index contributed by atoms with van der Waals surface area (Å²) in [4.78, 5) is 22.8. The summed E-state index contributed by atoms with van der Waals surface area (Å²) in [6.07, 6.45) is 0.0937. The summed E-state index contributed by atoms with van der Waals surface area (Å²) in [5.74, 6) is -2.23. The smallest absolute Gasteiger partial charge is 0.337 e. The zero-order chi connectivity index (χ0) is 14.5. The SMILES string of the molecule is O=C(Cc1ccccc1)Nc1cc(F)ccc1C(=O)O. The first kappa shape index (κ1) is 13.7. The maximum atomic E-state index is 13.1. The monoisotopic (exact) mass is 273 g/mol. The van der Waals surface area contributed by atoms with Crippen LogP contribution in [0.1, 0.15) is 15.9 Å². The van der Waals surface area contributed by atoms with Crippen molar-refractivity contribution < 1.29 is 19.1 Å². The quantitative estimate of drug-likeness (QED) is 0.900. The minimum absolute atomic E-state index is 0.0431. The summed E-state index contributed by atoms with van der Waals surface area (Å²) in [6.45, 7) is 0. The maximum absolute atomic E-state index is 13.1. The van der Waals surface area contributed by atoms with Gasteiger partial charge < -0.3 is 10.4 Å². The van der Waals surface area contributed by atoms with Gasteiger partial charge in [0.2, 0.25) is 5.91 Å². The molecule has 4 nitrogen and oxygen atoms in total. The van der Waals surface area contributed by atoms with E-state index in [4.69, 9.17) is 5.11 Å². The van der Waals surface area contributed by atoms with E-state index in [2.05, 4.69) is 5.32 Å².